The van der Waals surface area contributed by atoms with Crippen molar-refractivity contribution in [3.8, 4) is 0 Å². The van der Waals surface area contributed by atoms with Crippen LogP contribution in [0.15, 0.2) is 42.7 Å². The van der Waals surface area contributed by atoms with Gasteiger partial charge in [-0.1, -0.05) is 12.1 Å². The Hall–Kier alpha value is -2.40. The van der Waals surface area contributed by atoms with Gasteiger partial charge >= 0.3 is 0 Å². The van der Waals surface area contributed by atoms with Crippen molar-refractivity contribution >= 4 is 17.0 Å². The molecular formula is C16H19N5. The van der Waals surface area contributed by atoms with E-state index in [1.165, 1.54) is 5.56 Å². The smallest absolute Gasteiger partial charge is 0.156 e. The molecule has 0 saturated carbocycles. The summed E-state index contributed by atoms with van der Waals surface area (Å²) in [6.45, 7) is 2.69. The fourth-order valence-electron chi connectivity index (χ4n) is 2.39. The van der Waals surface area contributed by atoms with Crippen LogP contribution in [0, 0.1) is 6.92 Å². The monoisotopic (exact) mass is 281 g/mol. The summed E-state index contributed by atoms with van der Waals surface area (Å²) in [5.74, 6) is 0.814. The van der Waals surface area contributed by atoms with Crippen LogP contribution in [0.2, 0.25) is 0 Å². The lowest BCUT2D eigenvalue weighted by Gasteiger charge is -2.08. The standard InChI is InChI=1S/C16H19N5/c1-12-10-15-16(18-8-9-21(15)20-12)19-14-6-2-4-13(11-14)5-3-7-17/h2,4,6,8-11H,3,5,7,17H2,1H3,(H,18,19). The second kappa shape index (κ2) is 5.93. The Morgan fingerprint density at radius 3 is 3.05 bits per heavy atom. The van der Waals surface area contributed by atoms with E-state index in [0.29, 0.717) is 6.54 Å². The van der Waals surface area contributed by atoms with Gasteiger partial charge in [0, 0.05) is 18.1 Å². The quantitative estimate of drug-likeness (QED) is 0.754. The number of hydrogen-bond donors (Lipinski definition) is 2. The van der Waals surface area contributed by atoms with E-state index in [9.17, 15) is 0 Å². The lowest BCUT2D eigenvalue weighted by Crippen LogP contribution is -2.01. The molecule has 0 amide bonds. The van der Waals surface area contributed by atoms with Crippen molar-refractivity contribution < 1.29 is 0 Å². The highest BCUT2D eigenvalue weighted by Crippen LogP contribution is 2.21. The Bertz CT molecular complexity index is 747. The summed E-state index contributed by atoms with van der Waals surface area (Å²) in [6, 6.07) is 10.4. The number of aromatic nitrogens is 3. The molecule has 2 aromatic heterocycles. The maximum absolute atomic E-state index is 5.57. The van der Waals surface area contributed by atoms with Crippen LogP contribution in [0.1, 0.15) is 17.7 Å². The summed E-state index contributed by atoms with van der Waals surface area (Å²) in [4.78, 5) is 4.42. The molecule has 0 bridgehead atoms. The first kappa shape index (κ1) is 13.6. The minimum atomic E-state index is 0.716. The molecule has 0 aliphatic rings. The zero-order chi connectivity index (χ0) is 14.7. The summed E-state index contributed by atoms with van der Waals surface area (Å²) in [5, 5.41) is 7.77. The second-order valence-corrected chi connectivity index (χ2v) is 5.11. The van der Waals surface area contributed by atoms with Gasteiger partial charge in [-0.25, -0.2) is 9.50 Å². The summed E-state index contributed by atoms with van der Waals surface area (Å²) >= 11 is 0. The van der Waals surface area contributed by atoms with E-state index in [1.54, 1.807) is 6.20 Å². The number of nitrogens with one attached hydrogen (secondary N) is 1. The molecule has 3 rings (SSSR count). The number of benzene rings is 1. The van der Waals surface area contributed by atoms with Crippen LogP contribution in [-0.2, 0) is 6.42 Å². The Morgan fingerprint density at radius 1 is 1.29 bits per heavy atom. The van der Waals surface area contributed by atoms with Crippen molar-refractivity contribution in [2.45, 2.75) is 19.8 Å². The molecule has 1 aromatic carbocycles. The predicted molar refractivity (Wildman–Crippen MR) is 84.8 cm³/mol. The van der Waals surface area contributed by atoms with E-state index in [-0.39, 0.29) is 0 Å². The first-order chi connectivity index (χ1) is 10.3. The van der Waals surface area contributed by atoms with Crippen LogP contribution < -0.4 is 11.1 Å². The highest BCUT2D eigenvalue weighted by molar-refractivity contribution is 5.73. The van der Waals surface area contributed by atoms with Crippen LogP contribution >= 0.6 is 0 Å². The first-order valence-electron chi connectivity index (χ1n) is 7.13. The molecule has 0 aliphatic carbocycles. The second-order valence-electron chi connectivity index (χ2n) is 5.11. The van der Waals surface area contributed by atoms with Crippen molar-refractivity contribution in [2.75, 3.05) is 11.9 Å². The average molecular weight is 281 g/mol. The number of hydrogen-bond acceptors (Lipinski definition) is 4. The van der Waals surface area contributed by atoms with Crippen molar-refractivity contribution in [1.29, 1.82) is 0 Å². The maximum Gasteiger partial charge on any atom is 0.156 e. The van der Waals surface area contributed by atoms with Crippen molar-refractivity contribution in [2.24, 2.45) is 5.73 Å². The third kappa shape index (κ3) is 3.03. The lowest BCUT2D eigenvalue weighted by molar-refractivity contribution is 0.833. The van der Waals surface area contributed by atoms with Gasteiger partial charge < -0.3 is 11.1 Å². The SMILES string of the molecule is Cc1cc2c(Nc3cccc(CCCN)c3)nccn2n1. The molecule has 0 unspecified atom stereocenters. The van der Waals surface area contributed by atoms with Crippen LogP contribution in [0.3, 0.4) is 0 Å². The molecule has 108 valence electrons. The van der Waals surface area contributed by atoms with Gasteiger partial charge in [-0.05, 0) is 50.1 Å². The molecule has 0 aliphatic heterocycles. The molecule has 0 atom stereocenters. The number of aryl methyl sites for hydroxylation is 2. The van der Waals surface area contributed by atoms with Gasteiger partial charge in [0.15, 0.2) is 5.82 Å². The highest BCUT2D eigenvalue weighted by atomic mass is 15.2. The molecule has 3 aromatic rings. The first-order valence-corrected chi connectivity index (χ1v) is 7.13. The Labute approximate surface area is 123 Å². The largest absolute Gasteiger partial charge is 0.338 e. The third-order valence-electron chi connectivity index (χ3n) is 3.37. The normalized spacial score (nSPS) is 11.0. The number of fused-ring (bicyclic) bond motifs is 1. The highest BCUT2D eigenvalue weighted by Gasteiger charge is 2.06. The minimum absolute atomic E-state index is 0.716. The lowest BCUT2D eigenvalue weighted by atomic mass is 10.1. The summed E-state index contributed by atoms with van der Waals surface area (Å²) in [5.41, 5.74) is 9.83. The summed E-state index contributed by atoms with van der Waals surface area (Å²) in [6.07, 6.45) is 5.60. The average Bonchev–Trinajstić information content (AvgIpc) is 2.87. The Morgan fingerprint density at radius 2 is 2.19 bits per heavy atom. The van der Waals surface area contributed by atoms with Gasteiger partial charge in [-0.3, -0.25) is 0 Å². The van der Waals surface area contributed by atoms with Gasteiger partial charge in [0.25, 0.3) is 0 Å². The maximum atomic E-state index is 5.57. The minimum Gasteiger partial charge on any atom is -0.338 e. The molecular weight excluding hydrogens is 262 g/mol. The molecule has 21 heavy (non-hydrogen) atoms. The van der Waals surface area contributed by atoms with Gasteiger partial charge in [0.1, 0.15) is 5.52 Å². The number of nitrogens with two attached hydrogens (primary N) is 1. The van der Waals surface area contributed by atoms with E-state index in [1.807, 2.05) is 29.8 Å². The van der Waals surface area contributed by atoms with Crippen LogP contribution in [-0.4, -0.2) is 21.1 Å². The topological polar surface area (TPSA) is 68.2 Å². The van der Waals surface area contributed by atoms with E-state index in [0.717, 1.165) is 35.6 Å². The Kier molecular flexibility index (Phi) is 3.83. The van der Waals surface area contributed by atoms with Crippen molar-refractivity contribution in [1.82, 2.24) is 14.6 Å². The van der Waals surface area contributed by atoms with Crippen LogP contribution in [0.25, 0.3) is 5.52 Å². The summed E-state index contributed by atoms with van der Waals surface area (Å²) < 4.78 is 1.84. The molecule has 3 N–H and O–H groups in total. The van der Waals surface area contributed by atoms with Crippen LogP contribution in [0.4, 0.5) is 11.5 Å². The molecule has 2 heterocycles. The van der Waals surface area contributed by atoms with E-state index in [4.69, 9.17) is 5.73 Å². The number of anilines is 2. The number of rotatable bonds is 5. The molecule has 0 saturated heterocycles. The van der Waals surface area contributed by atoms with Gasteiger partial charge in [0.05, 0.1) is 5.69 Å². The third-order valence-corrected chi connectivity index (χ3v) is 3.37. The van der Waals surface area contributed by atoms with Crippen molar-refractivity contribution in [3.05, 3.63) is 54.0 Å². The van der Waals surface area contributed by atoms with Crippen molar-refractivity contribution in [3.63, 3.8) is 0 Å². The van der Waals surface area contributed by atoms with E-state index in [2.05, 4.69) is 33.6 Å². The zero-order valence-corrected chi connectivity index (χ0v) is 12.1. The fourth-order valence-corrected chi connectivity index (χ4v) is 2.39. The van der Waals surface area contributed by atoms with Gasteiger partial charge in [-0.2, -0.15) is 5.10 Å². The van der Waals surface area contributed by atoms with Gasteiger partial charge in [-0.15, -0.1) is 0 Å². The molecule has 0 spiro atoms. The zero-order valence-electron chi connectivity index (χ0n) is 12.1. The molecule has 5 heteroatoms. The van der Waals surface area contributed by atoms with E-state index < -0.39 is 0 Å². The van der Waals surface area contributed by atoms with Gasteiger partial charge in [0.2, 0.25) is 0 Å². The number of nitrogens with zero attached hydrogens (tertiary/aromatic N) is 3. The fraction of sp³-hybridized carbons (Fsp3) is 0.250. The molecule has 0 radical (unpaired) electrons. The molecule has 0 fully saturated rings. The van der Waals surface area contributed by atoms with Crippen LogP contribution in [0.5, 0.6) is 0 Å². The molecule has 5 nitrogen and oxygen atoms in total. The predicted octanol–water partition coefficient (Wildman–Crippen LogP) is 2.67. The Balaban J connectivity index is 1.88. The van der Waals surface area contributed by atoms with E-state index >= 15 is 0 Å². The summed E-state index contributed by atoms with van der Waals surface area (Å²) in [7, 11) is 0.